The highest BCUT2D eigenvalue weighted by Crippen LogP contribution is 2.74. The van der Waals surface area contributed by atoms with Gasteiger partial charge in [-0.1, -0.05) is 11.6 Å². The lowest BCUT2D eigenvalue weighted by atomic mass is 9.34. The number of anilines is 1. The van der Waals surface area contributed by atoms with E-state index in [1.165, 1.54) is 0 Å². The smallest absolute Gasteiger partial charge is 0.226 e. The van der Waals surface area contributed by atoms with E-state index < -0.39 is 6.10 Å². The van der Waals surface area contributed by atoms with Crippen molar-refractivity contribution in [2.45, 2.75) is 63.1 Å². The average Bonchev–Trinajstić information content (AvgIpc) is 2.49. The zero-order valence-corrected chi connectivity index (χ0v) is 15.8. The number of amides is 1. The first-order valence-electron chi connectivity index (χ1n) is 9.20. The number of hydrogen-bond acceptors (Lipinski definition) is 6. The first-order chi connectivity index (χ1) is 12.3. The highest BCUT2D eigenvalue weighted by molar-refractivity contribution is 6.31. The van der Waals surface area contributed by atoms with Crippen LogP contribution in [0.1, 0.15) is 45.2 Å². The molecule has 2 heterocycles. The minimum absolute atomic E-state index is 0.112. The summed E-state index contributed by atoms with van der Waals surface area (Å²) in [6.45, 7) is 4.87. The van der Waals surface area contributed by atoms with E-state index in [0.29, 0.717) is 30.6 Å². The van der Waals surface area contributed by atoms with E-state index in [1.807, 2.05) is 13.8 Å². The Labute approximate surface area is 157 Å². The fraction of sp³-hybridized carbons (Fsp3) is 0.722. The second kappa shape index (κ2) is 6.32. The molecule has 26 heavy (non-hydrogen) atoms. The summed E-state index contributed by atoms with van der Waals surface area (Å²) in [7, 11) is 0. The molecule has 0 aromatic carbocycles. The second-order valence-electron chi connectivity index (χ2n) is 8.29. The lowest BCUT2D eigenvalue weighted by Crippen LogP contribution is -2.70. The summed E-state index contributed by atoms with van der Waals surface area (Å²) in [6.07, 6.45) is 4.09. The monoisotopic (exact) mass is 380 g/mol. The zero-order valence-electron chi connectivity index (χ0n) is 15.1. The largest absolute Gasteiger partial charge is 0.389 e. The number of ether oxygens (including phenoxy) is 1. The second-order valence-corrected chi connectivity index (χ2v) is 8.70. The van der Waals surface area contributed by atoms with Crippen LogP contribution in [0.3, 0.4) is 0 Å². The SMILES string of the molecule is CC(C)NC(=O)C12CC(c3nc(N[C@@H]4CCOC[C@H]4O)ncc3Cl)(C1)C2. The maximum absolute atomic E-state index is 12.4. The molecule has 0 radical (unpaired) electrons. The van der Waals surface area contributed by atoms with Crippen LogP contribution in [0.2, 0.25) is 5.02 Å². The molecule has 3 N–H and O–H groups in total. The number of carbonyl (C=O) groups excluding carboxylic acids is 1. The van der Waals surface area contributed by atoms with E-state index in [0.717, 1.165) is 25.0 Å². The van der Waals surface area contributed by atoms with Crippen molar-refractivity contribution in [3.8, 4) is 0 Å². The molecule has 8 heteroatoms. The fourth-order valence-electron chi connectivity index (χ4n) is 4.56. The third-order valence-corrected chi connectivity index (χ3v) is 6.10. The van der Waals surface area contributed by atoms with Crippen molar-refractivity contribution < 1.29 is 14.6 Å². The van der Waals surface area contributed by atoms with Gasteiger partial charge in [0.2, 0.25) is 11.9 Å². The maximum Gasteiger partial charge on any atom is 0.226 e. The first kappa shape index (κ1) is 17.9. The first-order valence-corrected chi connectivity index (χ1v) is 9.58. The van der Waals surface area contributed by atoms with E-state index >= 15 is 0 Å². The Balaban J connectivity index is 1.46. The van der Waals surface area contributed by atoms with E-state index in [2.05, 4.69) is 20.6 Å². The van der Waals surface area contributed by atoms with Crippen molar-refractivity contribution in [3.63, 3.8) is 0 Å². The molecule has 4 fully saturated rings. The van der Waals surface area contributed by atoms with Crippen molar-refractivity contribution in [2.24, 2.45) is 5.41 Å². The summed E-state index contributed by atoms with van der Waals surface area (Å²) in [5, 5.41) is 16.8. The predicted molar refractivity (Wildman–Crippen MR) is 97.1 cm³/mol. The van der Waals surface area contributed by atoms with Crippen LogP contribution in [0.5, 0.6) is 0 Å². The Bertz CT molecular complexity index is 707. The van der Waals surface area contributed by atoms with Gasteiger partial charge in [0.05, 0.1) is 41.1 Å². The van der Waals surface area contributed by atoms with Gasteiger partial charge in [-0.15, -0.1) is 0 Å². The van der Waals surface area contributed by atoms with Crippen LogP contribution in [0.25, 0.3) is 0 Å². The van der Waals surface area contributed by atoms with Gasteiger partial charge in [-0.3, -0.25) is 4.79 Å². The third-order valence-electron chi connectivity index (χ3n) is 5.82. The molecule has 0 spiro atoms. The van der Waals surface area contributed by atoms with Crippen LogP contribution < -0.4 is 10.6 Å². The van der Waals surface area contributed by atoms with E-state index in [-0.39, 0.29) is 28.8 Å². The topological polar surface area (TPSA) is 96.4 Å². The quantitative estimate of drug-likeness (QED) is 0.718. The van der Waals surface area contributed by atoms with Gasteiger partial charge in [0, 0.05) is 18.1 Å². The lowest BCUT2D eigenvalue weighted by molar-refractivity contribution is -0.177. The van der Waals surface area contributed by atoms with Gasteiger partial charge in [-0.05, 0) is 39.5 Å². The number of carbonyl (C=O) groups is 1. The normalized spacial score (nSPS) is 35.4. The molecule has 142 valence electrons. The highest BCUT2D eigenvalue weighted by Gasteiger charge is 2.73. The minimum Gasteiger partial charge on any atom is -0.389 e. The van der Waals surface area contributed by atoms with E-state index in [9.17, 15) is 9.90 Å². The predicted octanol–water partition coefficient (Wildman–Crippen LogP) is 1.64. The van der Waals surface area contributed by atoms with Crippen molar-refractivity contribution in [3.05, 3.63) is 16.9 Å². The zero-order chi connectivity index (χ0) is 18.5. The number of hydrogen-bond donors (Lipinski definition) is 3. The van der Waals surface area contributed by atoms with Gasteiger partial charge < -0.3 is 20.5 Å². The Kier molecular flexibility index (Phi) is 4.36. The molecule has 1 amide bonds. The lowest BCUT2D eigenvalue weighted by Gasteiger charge is -2.69. The van der Waals surface area contributed by atoms with Gasteiger partial charge in [-0.2, -0.15) is 0 Å². The summed E-state index contributed by atoms with van der Waals surface area (Å²) >= 11 is 6.38. The minimum atomic E-state index is -0.579. The molecule has 1 aromatic heterocycles. The van der Waals surface area contributed by atoms with Crippen LogP contribution in [-0.2, 0) is 14.9 Å². The molecule has 2 bridgehead atoms. The van der Waals surface area contributed by atoms with Crippen LogP contribution in [0.15, 0.2) is 6.20 Å². The van der Waals surface area contributed by atoms with Crippen LogP contribution in [0.4, 0.5) is 5.95 Å². The summed E-state index contributed by atoms with van der Waals surface area (Å²) in [5.74, 6) is 0.615. The van der Waals surface area contributed by atoms with Crippen LogP contribution in [0, 0.1) is 5.41 Å². The molecular formula is C18H25ClN4O3. The number of aromatic nitrogens is 2. The van der Waals surface area contributed by atoms with Crippen LogP contribution in [-0.4, -0.2) is 52.4 Å². The maximum atomic E-state index is 12.4. The van der Waals surface area contributed by atoms with Crippen molar-refractivity contribution in [1.29, 1.82) is 0 Å². The van der Waals surface area contributed by atoms with Gasteiger partial charge in [0.25, 0.3) is 0 Å². The summed E-state index contributed by atoms with van der Waals surface area (Å²) in [5.41, 5.74) is 0.458. The van der Waals surface area contributed by atoms with Crippen LogP contribution >= 0.6 is 11.6 Å². The van der Waals surface area contributed by atoms with Gasteiger partial charge >= 0.3 is 0 Å². The average molecular weight is 381 g/mol. The van der Waals surface area contributed by atoms with E-state index in [1.54, 1.807) is 6.20 Å². The molecule has 7 nitrogen and oxygen atoms in total. The molecule has 1 aliphatic heterocycles. The molecule has 2 atom stereocenters. The molecule has 3 aliphatic carbocycles. The Morgan fingerprint density at radius 3 is 2.81 bits per heavy atom. The number of nitrogens with one attached hydrogen (secondary N) is 2. The summed E-state index contributed by atoms with van der Waals surface area (Å²) < 4.78 is 5.25. The Morgan fingerprint density at radius 1 is 1.42 bits per heavy atom. The molecule has 1 saturated heterocycles. The Hall–Kier alpha value is -1.44. The van der Waals surface area contributed by atoms with Gasteiger partial charge in [-0.25, -0.2) is 9.97 Å². The van der Waals surface area contributed by atoms with Crippen molar-refractivity contribution >= 4 is 23.5 Å². The fourth-order valence-corrected chi connectivity index (χ4v) is 4.85. The Morgan fingerprint density at radius 2 is 2.15 bits per heavy atom. The van der Waals surface area contributed by atoms with Gasteiger partial charge in [0.15, 0.2) is 0 Å². The number of halogens is 1. The van der Waals surface area contributed by atoms with E-state index in [4.69, 9.17) is 16.3 Å². The van der Waals surface area contributed by atoms with Gasteiger partial charge in [0.1, 0.15) is 0 Å². The standard InChI is InChI=1S/C18H25ClN4O3/c1-10(2)21-15(25)18-7-17(8-18,9-18)14-11(19)5-20-16(23-14)22-12-3-4-26-6-13(12)24/h5,10,12-13,24H,3-4,6-9H2,1-2H3,(H,21,25)(H,20,22,23)/t12-,13-,17?,18?/m1/s1. The number of aliphatic hydroxyl groups is 1. The highest BCUT2D eigenvalue weighted by atomic mass is 35.5. The molecule has 0 unspecified atom stereocenters. The van der Waals surface area contributed by atoms with Crippen molar-refractivity contribution in [1.82, 2.24) is 15.3 Å². The summed E-state index contributed by atoms with van der Waals surface area (Å²) in [6, 6.07) is 0.0192. The number of aliphatic hydroxyl groups excluding tert-OH is 1. The molecule has 1 aromatic rings. The molecule has 5 rings (SSSR count). The molecular weight excluding hydrogens is 356 g/mol. The van der Waals surface area contributed by atoms with Crippen molar-refractivity contribution in [2.75, 3.05) is 18.5 Å². The molecule has 3 saturated carbocycles. The number of rotatable bonds is 5. The third kappa shape index (κ3) is 2.86. The molecule has 4 aliphatic rings. The summed E-state index contributed by atoms with van der Waals surface area (Å²) in [4.78, 5) is 21.3. The number of nitrogens with zero attached hydrogens (tertiary/aromatic N) is 2.